The van der Waals surface area contributed by atoms with E-state index in [4.69, 9.17) is 0 Å². The Bertz CT molecular complexity index is 689. The Labute approximate surface area is 142 Å². The van der Waals surface area contributed by atoms with Crippen molar-refractivity contribution < 1.29 is 18.0 Å². The van der Waals surface area contributed by atoms with Gasteiger partial charge in [0.15, 0.2) is 0 Å². The number of anilines is 1. The number of hydrogen-bond acceptors (Lipinski definition) is 1. The van der Waals surface area contributed by atoms with Gasteiger partial charge in [0.25, 0.3) is 5.91 Å². The summed E-state index contributed by atoms with van der Waals surface area (Å²) in [6, 6.07) is 7.71. The van der Waals surface area contributed by atoms with E-state index in [0.29, 0.717) is 14.6 Å². The summed E-state index contributed by atoms with van der Waals surface area (Å²) in [5, 5.41) is 2.67. The highest BCUT2D eigenvalue weighted by Crippen LogP contribution is 2.33. The SMILES string of the molecule is Cc1cc(Br)c(NC(=O)c2ccc(C(F)(F)F)cc2)c(Br)c1. The Morgan fingerprint density at radius 2 is 1.55 bits per heavy atom. The number of benzene rings is 2. The van der Waals surface area contributed by atoms with E-state index in [-0.39, 0.29) is 5.56 Å². The van der Waals surface area contributed by atoms with E-state index < -0.39 is 17.6 Å². The number of hydrogen-bond donors (Lipinski definition) is 1. The third-order valence-electron chi connectivity index (χ3n) is 2.90. The average Bonchev–Trinajstić information content (AvgIpc) is 2.41. The molecule has 0 radical (unpaired) electrons. The summed E-state index contributed by atoms with van der Waals surface area (Å²) in [6.07, 6.45) is -4.42. The van der Waals surface area contributed by atoms with Crippen molar-refractivity contribution in [2.75, 3.05) is 5.32 Å². The highest BCUT2D eigenvalue weighted by molar-refractivity contribution is 9.11. The lowest BCUT2D eigenvalue weighted by atomic mass is 10.1. The number of carbonyl (C=O) groups is 1. The molecule has 7 heteroatoms. The van der Waals surface area contributed by atoms with Gasteiger partial charge < -0.3 is 5.32 Å². The van der Waals surface area contributed by atoms with Gasteiger partial charge in [-0.15, -0.1) is 0 Å². The van der Waals surface area contributed by atoms with Crippen LogP contribution >= 0.6 is 31.9 Å². The second-order valence-corrected chi connectivity index (χ2v) is 6.34. The summed E-state index contributed by atoms with van der Waals surface area (Å²) < 4.78 is 38.9. The summed E-state index contributed by atoms with van der Waals surface area (Å²) in [6.45, 7) is 1.90. The normalized spacial score (nSPS) is 11.4. The predicted molar refractivity (Wildman–Crippen MR) is 86.0 cm³/mol. The summed E-state index contributed by atoms with van der Waals surface area (Å²) in [5.74, 6) is -0.487. The van der Waals surface area contributed by atoms with Crippen LogP contribution in [0.4, 0.5) is 18.9 Å². The van der Waals surface area contributed by atoms with Crippen molar-refractivity contribution in [2.45, 2.75) is 13.1 Å². The fraction of sp³-hybridized carbons (Fsp3) is 0.133. The maximum absolute atomic E-state index is 12.5. The van der Waals surface area contributed by atoms with Gasteiger partial charge in [-0.1, -0.05) is 0 Å². The van der Waals surface area contributed by atoms with E-state index in [2.05, 4.69) is 37.2 Å². The summed E-state index contributed by atoms with van der Waals surface area (Å²) in [7, 11) is 0. The highest BCUT2D eigenvalue weighted by Gasteiger charge is 2.30. The van der Waals surface area contributed by atoms with E-state index in [0.717, 1.165) is 29.8 Å². The Kier molecular flexibility index (Phi) is 4.97. The maximum atomic E-state index is 12.5. The monoisotopic (exact) mass is 435 g/mol. The van der Waals surface area contributed by atoms with Crippen LogP contribution in [0.1, 0.15) is 21.5 Å². The van der Waals surface area contributed by atoms with E-state index in [9.17, 15) is 18.0 Å². The lowest BCUT2D eigenvalue weighted by Gasteiger charge is -2.11. The largest absolute Gasteiger partial charge is 0.416 e. The van der Waals surface area contributed by atoms with Crippen LogP contribution < -0.4 is 5.32 Å². The minimum absolute atomic E-state index is 0.146. The average molecular weight is 437 g/mol. The van der Waals surface area contributed by atoms with Crippen LogP contribution in [0.3, 0.4) is 0 Å². The highest BCUT2D eigenvalue weighted by atomic mass is 79.9. The first kappa shape index (κ1) is 17.0. The first-order valence-corrected chi connectivity index (χ1v) is 7.71. The molecule has 0 saturated heterocycles. The number of alkyl halides is 3. The van der Waals surface area contributed by atoms with E-state index in [1.54, 1.807) is 0 Å². The summed E-state index contributed by atoms with van der Waals surface area (Å²) in [4.78, 5) is 12.1. The molecule has 22 heavy (non-hydrogen) atoms. The quantitative estimate of drug-likeness (QED) is 0.634. The molecule has 0 aliphatic heterocycles. The van der Waals surface area contributed by atoms with Crippen molar-refractivity contribution in [2.24, 2.45) is 0 Å². The van der Waals surface area contributed by atoms with Crippen LogP contribution in [0.2, 0.25) is 0 Å². The van der Waals surface area contributed by atoms with Gasteiger partial charge in [0.05, 0.1) is 11.3 Å². The molecule has 0 atom stereocenters. The third-order valence-corrected chi connectivity index (χ3v) is 4.15. The molecule has 0 fully saturated rings. The molecule has 0 aromatic heterocycles. The van der Waals surface area contributed by atoms with Gasteiger partial charge >= 0.3 is 6.18 Å². The minimum Gasteiger partial charge on any atom is -0.320 e. The predicted octanol–water partition coefficient (Wildman–Crippen LogP) is 5.79. The first-order valence-electron chi connectivity index (χ1n) is 6.13. The zero-order valence-corrected chi connectivity index (χ0v) is 14.4. The minimum atomic E-state index is -4.42. The molecule has 116 valence electrons. The lowest BCUT2D eigenvalue weighted by molar-refractivity contribution is -0.137. The number of nitrogens with one attached hydrogen (secondary N) is 1. The topological polar surface area (TPSA) is 29.1 Å². The van der Waals surface area contributed by atoms with Gasteiger partial charge in [-0.25, -0.2) is 0 Å². The molecule has 0 unspecified atom stereocenters. The Balaban J connectivity index is 2.23. The van der Waals surface area contributed by atoms with E-state index >= 15 is 0 Å². The number of rotatable bonds is 2. The Morgan fingerprint density at radius 3 is 2.00 bits per heavy atom. The maximum Gasteiger partial charge on any atom is 0.416 e. The number of aryl methyl sites for hydroxylation is 1. The first-order chi connectivity index (χ1) is 10.2. The van der Waals surface area contributed by atoms with Gasteiger partial charge in [0.1, 0.15) is 0 Å². The second kappa shape index (κ2) is 6.42. The van der Waals surface area contributed by atoms with E-state index in [1.165, 1.54) is 0 Å². The van der Waals surface area contributed by atoms with Gasteiger partial charge in [0, 0.05) is 14.5 Å². The molecule has 2 aromatic carbocycles. The molecule has 0 heterocycles. The van der Waals surface area contributed by atoms with Crippen molar-refractivity contribution in [3.05, 3.63) is 62.0 Å². The molecule has 2 nitrogen and oxygen atoms in total. The smallest absolute Gasteiger partial charge is 0.320 e. The van der Waals surface area contributed by atoms with Crippen molar-refractivity contribution in [3.63, 3.8) is 0 Å². The van der Waals surface area contributed by atoms with Crippen molar-refractivity contribution in [3.8, 4) is 0 Å². The number of amides is 1. The zero-order chi connectivity index (χ0) is 16.5. The van der Waals surface area contributed by atoms with Crippen molar-refractivity contribution in [1.29, 1.82) is 0 Å². The molecule has 2 rings (SSSR count). The molecule has 0 saturated carbocycles. The Morgan fingerprint density at radius 1 is 1.05 bits per heavy atom. The molecule has 1 amide bonds. The molecule has 0 aliphatic rings. The van der Waals surface area contributed by atoms with Crippen LogP contribution in [0.5, 0.6) is 0 Å². The van der Waals surface area contributed by atoms with Gasteiger partial charge in [-0.05, 0) is 80.7 Å². The molecular formula is C15H10Br2F3NO. The molecule has 0 aliphatic carbocycles. The molecule has 0 bridgehead atoms. The van der Waals surface area contributed by atoms with Crippen LogP contribution in [0, 0.1) is 6.92 Å². The lowest BCUT2D eigenvalue weighted by Crippen LogP contribution is -2.13. The van der Waals surface area contributed by atoms with Crippen LogP contribution in [0.15, 0.2) is 45.3 Å². The van der Waals surface area contributed by atoms with Crippen molar-refractivity contribution >= 4 is 43.5 Å². The van der Waals surface area contributed by atoms with Gasteiger partial charge in [-0.3, -0.25) is 4.79 Å². The van der Waals surface area contributed by atoms with E-state index in [1.807, 2.05) is 19.1 Å². The molecule has 0 spiro atoms. The molecule has 2 aromatic rings. The second-order valence-electron chi connectivity index (χ2n) is 4.63. The molecule has 1 N–H and O–H groups in total. The van der Waals surface area contributed by atoms with Crippen LogP contribution in [-0.2, 0) is 6.18 Å². The van der Waals surface area contributed by atoms with Crippen LogP contribution in [-0.4, -0.2) is 5.91 Å². The Hall–Kier alpha value is -1.34. The third kappa shape index (κ3) is 3.89. The molecular weight excluding hydrogens is 427 g/mol. The standard InChI is InChI=1S/C15H10Br2F3NO/c1-8-6-11(16)13(12(17)7-8)21-14(22)9-2-4-10(5-3-9)15(18,19)20/h2-7H,1H3,(H,21,22). The van der Waals surface area contributed by atoms with Crippen LogP contribution in [0.25, 0.3) is 0 Å². The van der Waals surface area contributed by atoms with Gasteiger partial charge in [-0.2, -0.15) is 13.2 Å². The van der Waals surface area contributed by atoms with Gasteiger partial charge in [0.2, 0.25) is 0 Å². The number of halogens is 5. The summed E-state index contributed by atoms with van der Waals surface area (Å²) >= 11 is 6.69. The van der Waals surface area contributed by atoms with Crippen molar-refractivity contribution in [1.82, 2.24) is 0 Å². The summed E-state index contributed by atoms with van der Waals surface area (Å²) in [5.41, 5.74) is 0.871. The zero-order valence-electron chi connectivity index (χ0n) is 11.3. The fourth-order valence-corrected chi connectivity index (χ4v) is 3.43. The fourth-order valence-electron chi connectivity index (χ4n) is 1.82. The number of carbonyl (C=O) groups excluding carboxylic acids is 1.